The van der Waals surface area contributed by atoms with Crippen molar-refractivity contribution in [3.63, 3.8) is 0 Å². The fraction of sp³-hybridized carbons (Fsp3) is 0.316. The van der Waals surface area contributed by atoms with Crippen molar-refractivity contribution in [3.05, 3.63) is 58.7 Å². The van der Waals surface area contributed by atoms with Crippen LogP contribution in [0.1, 0.15) is 22.3 Å². The summed E-state index contributed by atoms with van der Waals surface area (Å²) in [6.45, 7) is 3.56. The second-order valence-electron chi connectivity index (χ2n) is 5.42. The Kier molecular flexibility index (Phi) is 6.02. The third-order valence-electron chi connectivity index (χ3n) is 3.65. The quantitative estimate of drug-likeness (QED) is 0.798. The molecule has 120 valence electrons. The molecule has 2 rings (SSSR count). The van der Waals surface area contributed by atoms with Crippen molar-refractivity contribution >= 4 is 0 Å². The predicted octanol–water partition coefficient (Wildman–Crippen LogP) is 3.22. The lowest BCUT2D eigenvalue weighted by Crippen LogP contribution is -2.17. The third kappa shape index (κ3) is 4.73. The van der Waals surface area contributed by atoms with Gasteiger partial charge in [0, 0.05) is 6.54 Å². The smallest absolute Gasteiger partial charge is 0.122 e. The molecule has 0 spiro atoms. The van der Waals surface area contributed by atoms with Crippen LogP contribution in [0, 0.1) is 18.3 Å². The average molecular weight is 310 g/mol. The molecule has 4 heteroatoms. The van der Waals surface area contributed by atoms with E-state index >= 15 is 0 Å². The van der Waals surface area contributed by atoms with Gasteiger partial charge in [0.05, 0.1) is 25.9 Å². The van der Waals surface area contributed by atoms with Gasteiger partial charge in [-0.15, -0.1) is 0 Å². The lowest BCUT2D eigenvalue weighted by Gasteiger charge is -2.11. The van der Waals surface area contributed by atoms with Gasteiger partial charge < -0.3 is 14.8 Å². The largest absolute Gasteiger partial charge is 0.497 e. The van der Waals surface area contributed by atoms with E-state index in [9.17, 15) is 0 Å². The van der Waals surface area contributed by atoms with Crippen LogP contribution in [0.4, 0.5) is 0 Å². The van der Waals surface area contributed by atoms with E-state index in [1.54, 1.807) is 14.2 Å². The number of hydrogen-bond donors (Lipinski definition) is 1. The molecule has 0 unspecified atom stereocenters. The highest BCUT2D eigenvalue weighted by atomic mass is 16.5. The lowest BCUT2D eigenvalue weighted by molar-refractivity contribution is 0.398. The molecule has 0 bridgehead atoms. The minimum atomic E-state index is 0.705. The van der Waals surface area contributed by atoms with Crippen molar-refractivity contribution in [2.45, 2.75) is 19.9 Å². The van der Waals surface area contributed by atoms with Crippen LogP contribution in [0.2, 0.25) is 0 Å². The number of rotatable bonds is 7. The molecule has 2 aromatic rings. The van der Waals surface area contributed by atoms with Crippen LogP contribution >= 0.6 is 0 Å². The zero-order valence-electron chi connectivity index (χ0n) is 13.8. The van der Waals surface area contributed by atoms with Gasteiger partial charge in [-0.05, 0) is 66.9 Å². The molecule has 2 aromatic carbocycles. The number of aryl methyl sites for hydroxylation is 1. The highest BCUT2D eigenvalue weighted by Gasteiger charge is 2.05. The van der Waals surface area contributed by atoms with Crippen molar-refractivity contribution in [1.29, 1.82) is 5.26 Å². The van der Waals surface area contributed by atoms with Crippen molar-refractivity contribution in [2.75, 3.05) is 20.8 Å². The topological polar surface area (TPSA) is 54.3 Å². The van der Waals surface area contributed by atoms with Crippen LogP contribution in [-0.2, 0) is 13.0 Å². The molecule has 0 saturated carbocycles. The summed E-state index contributed by atoms with van der Waals surface area (Å²) in [4.78, 5) is 0. The first-order valence-corrected chi connectivity index (χ1v) is 7.58. The maximum Gasteiger partial charge on any atom is 0.122 e. The molecule has 0 atom stereocenters. The van der Waals surface area contributed by atoms with Crippen LogP contribution in [-0.4, -0.2) is 20.8 Å². The summed E-state index contributed by atoms with van der Waals surface area (Å²) in [7, 11) is 3.34. The van der Waals surface area contributed by atoms with Gasteiger partial charge in [-0.3, -0.25) is 0 Å². The van der Waals surface area contributed by atoms with Gasteiger partial charge in [-0.1, -0.05) is 6.07 Å². The van der Waals surface area contributed by atoms with Crippen molar-refractivity contribution in [3.8, 4) is 17.6 Å². The highest BCUT2D eigenvalue weighted by molar-refractivity contribution is 5.40. The van der Waals surface area contributed by atoms with Gasteiger partial charge in [0.25, 0.3) is 0 Å². The van der Waals surface area contributed by atoms with E-state index in [2.05, 4.69) is 17.5 Å². The maximum atomic E-state index is 9.02. The van der Waals surface area contributed by atoms with Crippen LogP contribution in [0.25, 0.3) is 0 Å². The Morgan fingerprint density at radius 1 is 1.09 bits per heavy atom. The van der Waals surface area contributed by atoms with Gasteiger partial charge in [0.2, 0.25) is 0 Å². The van der Waals surface area contributed by atoms with E-state index < -0.39 is 0 Å². The minimum Gasteiger partial charge on any atom is -0.497 e. The number of benzene rings is 2. The Hall–Kier alpha value is -2.51. The van der Waals surface area contributed by atoms with Gasteiger partial charge in [0.15, 0.2) is 0 Å². The van der Waals surface area contributed by atoms with Crippen molar-refractivity contribution in [2.24, 2.45) is 0 Å². The first kappa shape index (κ1) is 16.9. The SMILES string of the molecule is COc1ccc(OC)c(CCNCc2cc(C)cc(C#N)c2)c1. The Balaban J connectivity index is 1.93. The maximum absolute atomic E-state index is 9.02. The van der Waals surface area contributed by atoms with E-state index in [1.165, 1.54) is 0 Å². The van der Waals surface area contributed by atoms with Gasteiger partial charge in [0.1, 0.15) is 11.5 Å². The molecule has 1 N–H and O–H groups in total. The Bertz CT molecular complexity index is 705. The zero-order valence-corrected chi connectivity index (χ0v) is 13.8. The van der Waals surface area contributed by atoms with Gasteiger partial charge in [-0.2, -0.15) is 5.26 Å². The van der Waals surface area contributed by atoms with Gasteiger partial charge >= 0.3 is 0 Å². The summed E-state index contributed by atoms with van der Waals surface area (Å²) in [5.74, 6) is 1.70. The summed E-state index contributed by atoms with van der Waals surface area (Å²) in [6.07, 6.45) is 0.845. The van der Waals surface area contributed by atoms with Crippen LogP contribution in [0.5, 0.6) is 11.5 Å². The second-order valence-corrected chi connectivity index (χ2v) is 5.42. The molecular weight excluding hydrogens is 288 g/mol. The Morgan fingerprint density at radius 3 is 2.61 bits per heavy atom. The third-order valence-corrected chi connectivity index (χ3v) is 3.65. The normalized spacial score (nSPS) is 10.2. The molecule has 0 aliphatic rings. The van der Waals surface area contributed by atoms with Crippen molar-refractivity contribution < 1.29 is 9.47 Å². The molecule has 0 aliphatic heterocycles. The molecular formula is C19H22N2O2. The second kappa shape index (κ2) is 8.21. The molecule has 0 fully saturated rings. The summed E-state index contributed by atoms with van der Waals surface area (Å²) in [5.41, 5.74) is 4.05. The lowest BCUT2D eigenvalue weighted by atomic mass is 10.1. The predicted molar refractivity (Wildman–Crippen MR) is 90.9 cm³/mol. The summed E-state index contributed by atoms with van der Waals surface area (Å²) >= 11 is 0. The van der Waals surface area contributed by atoms with Crippen LogP contribution in [0.3, 0.4) is 0 Å². The summed E-state index contributed by atoms with van der Waals surface area (Å²) < 4.78 is 10.6. The number of ether oxygens (including phenoxy) is 2. The number of methoxy groups -OCH3 is 2. The molecule has 0 heterocycles. The molecule has 0 saturated heterocycles. The fourth-order valence-corrected chi connectivity index (χ4v) is 2.56. The highest BCUT2D eigenvalue weighted by Crippen LogP contribution is 2.24. The first-order valence-electron chi connectivity index (χ1n) is 7.58. The number of nitrogens with zero attached hydrogens (tertiary/aromatic N) is 1. The number of nitriles is 1. The molecule has 0 radical (unpaired) electrons. The monoisotopic (exact) mass is 310 g/mol. The number of nitrogens with one attached hydrogen (secondary N) is 1. The van der Waals surface area contributed by atoms with E-state index in [0.29, 0.717) is 5.56 Å². The van der Waals surface area contributed by atoms with Crippen LogP contribution < -0.4 is 14.8 Å². The Morgan fingerprint density at radius 2 is 1.91 bits per heavy atom. The zero-order chi connectivity index (χ0) is 16.7. The minimum absolute atomic E-state index is 0.705. The van der Waals surface area contributed by atoms with E-state index in [0.717, 1.165) is 47.7 Å². The van der Waals surface area contributed by atoms with E-state index in [-0.39, 0.29) is 0 Å². The summed E-state index contributed by atoms with van der Waals surface area (Å²) in [5, 5.41) is 12.4. The summed E-state index contributed by atoms with van der Waals surface area (Å²) in [6, 6.07) is 13.9. The molecule has 4 nitrogen and oxygen atoms in total. The first-order chi connectivity index (χ1) is 11.2. The molecule has 23 heavy (non-hydrogen) atoms. The average Bonchev–Trinajstić information content (AvgIpc) is 2.58. The van der Waals surface area contributed by atoms with Crippen molar-refractivity contribution in [1.82, 2.24) is 5.32 Å². The standard InChI is InChI=1S/C19H22N2O2/c1-14-8-15(12-20)10-16(9-14)13-21-7-6-17-11-18(22-2)4-5-19(17)23-3/h4-5,8-11,21H,6-7,13H2,1-3H3. The number of hydrogen-bond acceptors (Lipinski definition) is 4. The van der Waals surface area contributed by atoms with E-state index in [4.69, 9.17) is 14.7 Å². The van der Waals surface area contributed by atoms with Gasteiger partial charge in [-0.25, -0.2) is 0 Å². The Labute approximate surface area is 137 Å². The molecule has 0 aliphatic carbocycles. The molecule has 0 aromatic heterocycles. The van der Waals surface area contributed by atoms with Crippen LogP contribution in [0.15, 0.2) is 36.4 Å². The fourth-order valence-electron chi connectivity index (χ4n) is 2.56. The van der Waals surface area contributed by atoms with E-state index in [1.807, 2.05) is 37.3 Å². The molecule has 0 amide bonds.